The van der Waals surface area contributed by atoms with Gasteiger partial charge in [-0.2, -0.15) is 0 Å². The van der Waals surface area contributed by atoms with Gasteiger partial charge in [0.2, 0.25) is 0 Å². The highest BCUT2D eigenvalue weighted by molar-refractivity contribution is 7.98. The summed E-state index contributed by atoms with van der Waals surface area (Å²) in [4.78, 5) is 41.4. The van der Waals surface area contributed by atoms with Crippen LogP contribution in [0.2, 0.25) is 0 Å². The van der Waals surface area contributed by atoms with E-state index in [1.54, 1.807) is 0 Å². The summed E-state index contributed by atoms with van der Waals surface area (Å²) >= 11 is 0. The summed E-state index contributed by atoms with van der Waals surface area (Å²) in [5.41, 5.74) is 2.73. The van der Waals surface area contributed by atoms with E-state index in [2.05, 4.69) is 344 Å². The van der Waals surface area contributed by atoms with Gasteiger partial charge >= 0.3 is 11.9 Å². The minimum absolute atomic E-state index is 0.0357. The van der Waals surface area contributed by atoms with E-state index in [4.69, 9.17) is 37.9 Å². The molecule has 12 aromatic rings. The van der Waals surface area contributed by atoms with Crippen molar-refractivity contribution in [3.63, 3.8) is 0 Å². The van der Waals surface area contributed by atoms with Crippen molar-refractivity contribution in [2.75, 3.05) is 26.8 Å². The van der Waals surface area contributed by atoms with E-state index in [0.29, 0.717) is 55.2 Å². The Morgan fingerprint density at radius 2 is 0.504 bits per heavy atom. The molecule has 16 aliphatic rings. The van der Waals surface area contributed by atoms with Crippen LogP contribution in [0.15, 0.2) is 380 Å². The molecule has 0 heterocycles. The van der Waals surface area contributed by atoms with Gasteiger partial charge < -0.3 is 37.9 Å². The van der Waals surface area contributed by atoms with E-state index in [1.165, 1.54) is 193 Å². The quantitative estimate of drug-likeness (QED) is 0.0267. The molecule has 0 aromatic heterocycles. The molecule has 16 fully saturated rings. The summed E-state index contributed by atoms with van der Waals surface area (Å²) in [5.74, 6) is 15.3. The van der Waals surface area contributed by atoms with Gasteiger partial charge in [0.1, 0.15) is 34.2 Å². The third-order valence-corrected chi connectivity index (χ3v) is 42.2. The fraction of sp³-hybridized carbons (Fsp3) is 0.398. The molecule has 16 bridgehead atoms. The zero-order valence-electron chi connectivity index (χ0n) is 80.2. The number of esters is 2. The lowest BCUT2D eigenvalue weighted by Crippen LogP contribution is -2.58. The molecule has 0 radical (unpaired) electrons. The number of ether oxygens (including phenoxy) is 8. The smallest absolute Gasteiger partial charge is 0.344 e. The molecule has 10 nitrogen and oxygen atoms in total. The van der Waals surface area contributed by atoms with Crippen LogP contribution in [0.1, 0.15) is 159 Å². The van der Waals surface area contributed by atoms with Gasteiger partial charge in [-0.15, -0.1) is 0 Å². The molecule has 706 valence electrons. The Morgan fingerprint density at radius 3 is 0.803 bits per heavy atom. The molecule has 0 unspecified atom stereocenters. The Hall–Kier alpha value is -9.90. The molecule has 16 saturated carbocycles. The van der Waals surface area contributed by atoms with Crippen LogP contribution in [0.5, 0.6) is 23.0 Å². The van der Waals surface area contributed by atoms with E-state index in [0.717, 1.165) is 99.4 Å². The molecule has 0 saturated heterocycles. The van der Waals surface area contributed by atoms with Crippen molar-refractivity contribution in [1.29, 1.82) is 0 Å². The van der Waals surface area contributed by atoms with Crippen LogP contribution in [0, 0.1) is 115 Å². The van der Waals surface area contributed by atoms with Crippen LogP contribution in [-0.4, -0.2) is 62.1 Å². The number of rotatable bonds is 28. The second kappa shape index (κ2) is 42.3. The van der Waals surface area contributed by atoms with Crippen molar-refractivity contribution in [2.24, 2.45) is 94.7 Å². The van der Waals surface area contributed by atoms with Crippen LogP contribution in [0.25, 0.3) is 0 Å². The minimum Gasteiger partial charge on any atom is -0.482 e. The lowest BCUT2D eigenvalue weighted by Gasteiger charge is -2.59. The molecular weight excluding hydrogens is 1770 g/mol. The van der Waals surface area contributed by atoms with Gasteiger partial charge in [-0.05, 0) is 433 Å². The molecule has 0 aliphatic heterocycles. The molecular formula is C123H134O10S4+4. The van der Waals surface area contributed by atoms with E-state index in [-0.39, 0.29) is 79.9 Å². The topological polar surface area (TPSA) is 108 Å². The normalized spacial score (nSPS) is 28.2. The third kappa shape index (κ3) is 21.1. The zero-order valence-corrected chi connectivity index (χ0v) is 83.4. The first-order valence-electron chi connectivity index (χ1n) is 51.0. The molecule has 0 atom stereocenters. The maximum absolute atomic E-state index is 13.0. The van der Waals surface area contributed by atoms with E-state index < -0.39 is 0 Å². The highest BCUT2D eigenvalue weighted by atomic mass is 32.2. The monoisotopic (exact) mass is 1900 g/mol. The Kier molecular flexibility index (Phi) is 28.8. The first-order valence-corrected chi connectivity index (χ1v) is 55.9. The molecule has 28 rings (SSSR count). The predicted octanol–water partition coefficient (Wildman–Crippen LogP) is 28.7. The standard InChI is InChI=1S/C33H37O3S.C31H33O3S.C30H33O2S.C29H31O2S/c1-22-14-30(37(28-10-6-4-7-11-28)29-12-8-5-9-13-29)15-23(2)32(22)35-21-31(34)36-33(3)26-17-24-16-25(19-26)20-27(33)18-24;1-31(24-17-22-16-23(19-24)20-25(31)18-22)34-30(32)21-33-26-12-14-29(15-13-26)35(27-8-4-2-5-9-27)28-10-6-3-7-11-28;1-21-14-26(31-20-32-30-24-16-22-15-23(18-24)19-25(30)17-22)12-13-29(21)33(27-8-4-2-5-9-27)28-10-6-3-7-11-28;1-3-7-26(8-4-1)32(27-9-5-2-6-10-27)28-13-11-25(12-14-28)30-20-31-29-23-16-21-15-22(18-23)19-24(29)17-21/h4-15,24-27H,16-21H2,1-3H3;2-15,22-25H,16-21H2,1H3;2-14,22-25,30H,15-20H2,1H3;1-14,21-24,29H,15-20H2/q4*+1. The van der Waals surface area contributed by atoms with Crippen LogP contribution in [-0.2, 0) is 72.1 Å². The van der Waals surface area contributed by atoms with Crippen molar-refractivity contribution >= 4 is 55.5 Å². The van der Waals surface area contributed by atoms with Crippen molar-refractivity contribution < 1.29 is 47.5 Å². The Balaban J connectivity index is 0.000000109. The molecule has 12 aromatic carbocycles. The van der Waals surface area contributed by atoms with Crippen molar-refractivity contribution in [3.05, 3.63) is 338 Å². The van der Waals surface area contributed by atoms with Crippen molar-refractivity contribution in [1.82, 2.24) is 0 Å². The summed E-state index contributed by atoms with van der Waals surface area (Å²) < 4.78 is 49.2. The van der Waals surface area contributed by atoms with Crippen molar-refractivity contribution in [3.8, 4) is 23.0 Å². The van der Waals surface area contributed by atoms with Gasteiger partial charge in [0, 0.05) is 17.7 Å². The summed E-state index contributed by atoms with van der Waals surface area (Å²) in [6.45, 7) is 11.4. The van der Waals surface area contributed by atoms with E-state index in [9.17, 15) is 9.59 Å². The first-order chi connectivity index (χ1) is 67.1. The molecule has 0 N–H and O–H groups in total. The SMILES string of the molecule is CC1(OC(=O)COc2ccc([S+](c3ccccc3)c3ccccc3)cc2)C2CC3CC(C2)CC1C3.Cc1cc(OCOC2C3CC4CC(C3)CC2C4)ccc1[S+](c1ccccc1)c1ccccc1.Cc1cc([S+](c2ccccc2)c2ccccc2)cc(C)c1OCC(=O)OC1(C)C2CC3CC(C2)CC1C3.c1ccc([S+](c2ccccc2)c2ccc(OCOC3C4CC5CC(C4)CC3C5)cc2)cc1. The zero-order chi connectivity index (χ0) is 92.9. The maximum Gasteiger partial charge on any atom is 0.344 e. The van der Waals surface area contributed by atoms with Gasteiger partial charge in [-0.3, -0.25) is 0 Å². The van der Waals surface area contributed by atoms with Gasteiger partial charge in [-0.1, -0.05) is 146 Å². The van der Waals surface area contributed by atoms with Crippen LogP contribution < -0.4 is 18.9 Å². The summed E-state index contributed by atoms with van der Waals surface area (Å²) in [5, 5.41) is 0. The van der Waals surface area contributed by atoms with E-state index >= 15 is 0 Å². The third-order valence-electron chi connectivity index (χ3n) is 33.1. The number of benzene rings is 12. The fourth-order valence-electron chi connectivity index (χ4n) is 27.7. The van der Waals surface area contributed by atoms with Gasteiger partial charge in [0.25, 0.3) is 0 Å². The van der Waals surface area contributed by atoms with Gasteiger partial charge in [0.15, 0.2) is 85.5 Å². The number of hydrogen-bond donors (Lipinski definition) is 0. The Morgan fingerprint density at radius 1 is 0.255 bits per heavy atom. The second-order valence-electron chi connectivity index (χ2n) is 42.1. The number of carbonyl (C=O) groups excluding carboxylic acids is 2. The fourth-order valence-corrected chi connectivity index (χ4v) is 36.3. The number of aryl methyl sites for hydroxylation is 3. The minimum atomic E-state index is -0.318. The summed E-state index contributed by atoms with van der Waals surface area (Å²) in [6, 6.07) is 113. The van der Waals surface area contributed by atoms with Crippen LogP contribution >= 0.6 is 0 Å². The summed E-state index contributed by atoms with van der Waals surface area (Å²) in [6.07, 6.45) is 27.4. The van der Waals surface area contributed by atoms with Crippen LogP contribution in [0.4, 0.5) is 0 Å². The Bertz CT molecular complexity index is 5700. The molecule has 16 aliphatic carbocycles. The highest BCUT2D eigenvalue weighted by Crippen LogP contribution is 2.62. The average molecular weight is 1900 g/mol. The van der Waals surface area contributed by atoms with Crippen molar-refractivity contribution in [2.45, 2.75) is 245 Å². The largest absolute Gasteiger partial charge is 0.482 e. The molecule has 137 heavy (non-hydrogen) atoms. The van der Waals surface area contributed by atoms with Crippen LogP contribution in [0.3, 0.4) is 0 Å². The van der Waals surface area contributed by atoms with E-state index in [1.807, 2.05) is 12.1 Å². The second-order valence-corrected chi connectivity index (χ2v) is 50.2. The number of hydrogen-bond acceptors (Lipinski definition) is 10. The number of carbonyl (C=O) groups is 2. The molecule has 0 spiro atoms. The lowest BCUT2D eigenvalue weighted by atomic mass is 9.50. The summed E-state index contributed by atoms with van der Waals surface area (Å²) in [7, 11) is -0.667. The molecule has 14 heteroatoms. The predicted molar refractivity (Wildman–Crippen MR) is 549 cm³/mol. The maximum atomic E-state index is 13.0. The highest BCUT2D eigenvalue weighted by Gasteiger charge is 2.59. The Labute approximate surface area is 824 Å². The lowest BCUT2D eigenvalue weighted by molar-refractivity contribution is -0.205. The van der Waals surface area contributed by atoms with Gasteiger partial charge in [0.05, 0.1) is 55.8 Å². The van der Waals surface area contributed by atoms with Gasteiger partial charge in [-0.25, -0.2) is 9.59 Å². The molecule has 0 amide bonds. The first kappa shape index (κ1) is 93.4. The average Bonchev–Trinajstić information content (AvgIpc) is 0.749.